The van der Waals surface area contributed by atoms with E-state index in [9.17, 15) is 4.79 Å². The summed E-state index contributed by atoms with van der Waals surface area (Å²) in [6.45, 7) is 3.26. The fourth-order valence-electron chi connectivity index (χ4n) is 3.29. The van der Waals surface area contributed by atoms with E-state index >= 15 is 0 Å². The van der Waals surface area contributed by atoms with Crippen molar-refractivity contribution in [3.63, 3.8) is 0 Å². The van der Waals surface area contributed by atoms with Crippen LogP contribution in [-0.4, -0.2) is 49.7 Å². The maximum absolute atomic E-state index is 12.3. The molecular weight excluding hydrogens is 228 g/mol. The SMILES string of the molecule is CCC1C[C@@H](C(=O)N[C@H]2CC[C@@H](OC)C2)N(C)C1. The molecule has 18 heavy (non-hydrogen) atoms. The summed E-state index contributed by atoms with van der Waals surface area (Å²) in [7, 11) is 3.82. The summed E-state index contributed by atoms with van der Waals surface area (Å²) in [5, 5.41) is 3.20. The third-order valence-electron chi connectivity index (χ3n) is 4.58. The van der Waals surface area contributed by atoms with E-state index in [-0.39, 0.29) is 11.9 Å². The van der Waals surface area contributed by atoms with Crippen molar-refractivity contribution in [2.24, 2.45) is 5.92 Å². The lowest BCUT2D eigenvalue weighted by Crippen LogP contribution is -2.45. The van der Waals surface area contributed by atoms with Crippen LogP contribution in [0.1, 0.15) is 39.0 Å². The number of rotatable bonds is 4. The first-order valence-electron chi connectivity index (χ1n) is 7.17. The Hall–Kier alpha value is -0.610. The lowest BCUT2D eigenvalue weighted by molar-refractivity contribution is -0.125. The summed E-state index contributed by atoms with van der Waals surface area (Å²) in [6, 6.07) is 0.396. The number of carbonyl (C=O) groups excluding carboxylic acids is 1. The van der Waals surface area contributed by atoms with Gasteiger partial charge in [-0.05, 0) is 38.6 Å². The van der Waals surface area contributed by atoms with Crippen LogP contribution in [0.15, 0.2) is 0 Å². The first kappa shape index (κ1) is 13.8. The Morgan fingerprint density at radius 2 is 2.17 bits per heavy atom. The van der Waals surface area contributed by atoms with Gasteiger partial charge < -0.3 is 10.1 Å². The standard InChI is InChI=1S/C14H26N2O2/c1-4-10-7-13(16(2)9-10)14(17)15-11-5-6-12(8-11)18-3/h10-13H,4-9H2,1-3H3,(H,15,17)/t10?,11-,12+,13-/m0/s1. The number of nitrogens with zero attached hydrogens (tertiary/aromatic N) is 1. The highest BCUT2D eigenvalue weighted by molar-refractivity contribution is 5.82. The number of likely N-dealkylation sites (N-methyl/N-ethyl adjacent to an activating group) is 1. The van der Waals surface area contributed by atoms with Gasteiger partial charge in [-0.2, -0.15) is 0 Å². The van der Waals surface area contributed by atoms with Gasteiger partial charge in [0.2, 0.25) is 5.91 Å². The molecule has 1 heterocycles. The second kappa shape index (κ2) is 6.02. The number of hydrogen-bond acceptors (Lipinski definition) is 3. The molecule has 0 radical (unpaired) electrons. The zero-order chi connectivity index (χ0) is 13.1. The first-order valence-corrected chi connectivity index (χ1v) is 7.17. The third kappa shape index (κ3) is 3.04. The molecule has 1 saturated carbocycles. The molecule has 1 unspecified atom stereocenters. The minimum atomic E-state index is 0.0801. The number of nitrogens with one attached hydrogen (secondary N) is 1. The fourth-order valence-corrected chi connectivity index (χ4v) is 3.29. The Kier molecular flexibility index (Phi) is 4.62. The Morgan fingerprint density at radius 3 is 2.72 bits per heavy atom. The maximum Gasteiger partial charge on any atom is 0.237 e. The number of likely N-dealkylation sites (tertiary alicyclic amines) is 1. The Morgan fingerprint density at radius 1 is 1.39 bits per heavy atom. The van der Waals surface area contributed by atoms with Gasteiger partial charge in [-0.1, -0.05) is 13.3 Å². The van der Waals surface area contributed by atoms with E-state index in [4.69, 9.17) is 4.74 Å². The van der Waals surface area contributed by atoms with Crippen LogP contribution in [0.25, 0.3) is 0 Å². The molecule has 4 nitrogen and oxygen atoms in total. The van der Waals surface area contributed by atoms with E-state index in [0.29, 0.717) is 18.1 Å². The number of methoxy groups -OCH3 is 1. The average Bonchev–Trinajstić information content (AvgIpc) is 2.95. The summed E-state index contributed by atoms with van der Waals surface area (Å²) in [6.07, 6.45) is 5.61. The van der Waals surface area contributed by atoms with Gasteiger partial charge in [-0.25, -0.2) is 0 Å². The van der Waals surface area contributed by atoms with Crippen molar-refractivity contribution in [3.05, 3.63) is 0 Å². The second-order valence-corrected chi connectivity index (χ2v) is 5.84. The summed E-state index contributed by atoms with van der Waals surface area (Å²) >= 11 is 0. The molecule has 1 amide bonds. The van der Waals surface area contributed by atoms with Crippen molar-refractivity contribution in [1.82, 2.24) is 10.2 Å². The second-order valence-electron chi connectivity index (χ2n) is 5.84. The minimum absolute atomic E-state index is 0.0801. The molecule has 0 aromatic rings. The van der Waals surface area contributed by atoms with E-state index in [1.54, 1.807) is 7.11 Å². The van der Waals surface area contributed by atoms with E-state index < -0.39 is 0 Å². The van der Waals surface area contributed by atoms with E-state index in [1.165, 1.54) is 6.42 Å². The normalized spacial score (nSPS) is 37.1. The highest BCUT2D eigenvalue weighted by Gasteiger charge is 2.35. The lowest BCUT2D eigenvalue weighted by atomic mass is 10.0. The van der Waals surface area contributed by atoms with Crippen LogP contribution in [0.3, 0.4) is 0 Å². The average molecular weight is 254 g/mol. The number of ether oxygens (including phenoxy) is 1. The van der Waals surface area contributed by atoms with E-state index in [1.807, 2.05) is 0 Å². The molecule has 0 aromatic carbocycles. The molecule has 1 N–H and O–H groups in total. The van der Waals surface area contributed by atoms with Crippen LogP contribution in [0.5, 0.6) is 0 Å². The minimum Gasteiger partial charge on any atom is -0.381 e. The molecular formula is C14H26N2O2. The summed E-state index contributed by atoms with van der Waals surface area (Å²) in [4.78, 5) is 14.5. The molecule has 104 valence electrons. The molecule has 4 atom stereocenters. The van der Waals surface area contributed by atoms with Crippen molar-refractivity contribution in [2.75, 3.05) is 20.7 Å². The predicted octanol–water partition coefficient (Wildman–Crippen LogP) is 1.40. The Labute approximate surface area is 110 Å². The Bertz CT molecular complexity index is 296. The molecule has 1 saturated heterocycles. The zero-order valence-electron chi connectivity index (χ0n) is 11.8. The van der Waals surface area contributed by atoms with Crippen molar-refractivity contribution < 1.29 is 9.53 Å². The van der Waals surface area contributed by atoms with Gasteiger partial charge in [0.05, 0.1) is 12.1 Å². The van der Waals surface area contributed by atoms with Gasteiger partial charge in [-0.15, -0.1) is 0 Å². The summed E-state index contributed by atoms with van der Waals surface area (Å²) < 4.78 is 5.34. The number of hydrogen-bond donors (Lipinski definition) is 1. The quantitative estimate of drug-likeness (QED) is 0.824. The topological polar surface area (TPSA) is 41.6 Å². The molecule has 4 heteroatoms. The first-order chi connectivity index (χ1) is 8.63. The van der Waals surface area contributed by atoms with E-state index in [0.717, 1.165) is 32.2 Å². The zero-order valence-corrected chi connectivity index (χ0v) is 11.8. The van der Waals surface area contributed by atoms with Gasteiger partial charge in [0.15, 0.2) is 0 Å². The Balaban J connectivity index is 1.81. The van der Waals surface area contributed by atoms with Crippen LogP contribution < -0.4 is 5.32 Å². The third-order valence-corrected chi connectivity index (χ3v) is 4.58. The van der Waals surface area contributed by atoms with Gasteiger partial charge in [-0.3, -0.25) is 9.69 Å². The maximum atomic E-state index is 12.3. The molecule has 2 fully saturated rings. The van der Waals surface area contributed by atoms with Crippen molar-refractivity contribution in [3.8, 4) is 0 Å². The van der Waals surface area contributed by atoms with Gasteiger partial charge in [0.1, 0.15) is 0 Å². The summed E-state index contributed by atoms with van der Waals surface area (Å²) in [5.74, 6) is 0.899. The largest absolute Gasteiger partial charge is 0.381 e. The van der Waals surface area contributed by atoms with Crippen LogP contribution in [0.2, 0.25) is 0 Å². The molecule has 2 rings (SSSR count). The molecule has 2 aliphatic rings. The molecule has 1 aliphatic carbocycles. The van der Waals surface area contributed by atoms with Crippen molar-refractivity contribution in [1.29, 1.82) is 0 Å². The fraction of sp³-hybridized carbons (Fsp3) is 0.929. The van der Waals surface area contributed by atoms with Gasteiger partial charge in [0.25, 0.3) is 0 Å². The number of amides is 1. The monoisotopic (exact) mass is 254 g/mol. The predicted molar refractivity (Wildman–Crippen MR) is 71.4 cm³/mol. The van der Waals surface area contributed by atoms with Crippen LogP contribution in [0, 0.1) is 5.92 Å². The van der Waals surface area contributed by atoms with Crippen molar-refractivity contribution in [2.45, 2.75) is 57.2 Å². The molecule has 0 spiro atoms. The van der Waals surface area contributed by atoms with Crippen LogP contribution in [-0.2, 0) is 9.53 Å². The van der Waals surface area contributed by atoms with Gasteiger partial charge in [0, 0.05) is 19.7 Å². The summed E-state index contributed by atoms with van der Waals surface area (Å²) in [5.41, 5.74) is 0. The van der Waals surface area contributed by atoms with Gasteiger partial charge >= 0.3 is 0 Å². The number of carbonyl (C=O) groups is 1. The van der Waals surface area contributed by atoms with Crippen LogP contribution in [0.4, 0.5) is 0 Å². The highest BCUT2D eigenvalue weighted by atomic mass is 16.5. The highest BCUT2D eigenvalue weighted by Crippen LogP contribution is 2.26. The molecule has 0 bridgehead atoms. The lowest BCUT2D eigenvalue weighted by Gasteiger charge is -2.21. The molecule has 1 aliphatic heterocycles. The van der Waals surface area contributed by atoms with Crippen molar-refractivity contribution >= 4 is 5.91 Å². The smallest absolute Gasteiger partial charge is 0.237 e. The molecule has 0 aromatic heterocycles. The van der Waals surface area contributed by atoms with E-state index in [2.05, 4.69) is 24.2 Å². The van der Waals surface area contributed by atoms with Crippen LogP contribution >= 0.6 is 0 Å².